The summed E-state index contributed by atoms with van der Waals surface area (Å²) in [6, 6.07) is 17.0. The second-order valence-electron chi connectivity index (χ2n) is 7.74. The van der Waals surface area contributed by atoms with Crippen molar-refractivity contribution in [3.8, 4) is 28.8 Å². The zero-order valence-electron chi connectivity index (χ0n) is 19.4. The zero-order valence-corrected chi connectivity index (χ0v) is 20.2. The standard InChI is InChI=1S/C26H26N4O4S/c1-32-23-8-7-19(16-24(23)34-14-11-30-9-12-33-13-10-30)15-21(17-27)25(31)29-26-28-22(18-35-26)20-5-3-2-4-6-20/h2-8,15-16,18H,9-14H2,1H3,(H,28,29,31)/b21-15-. The summed E-state index contributed by atoms with van der Waals surface area (Å²) in [4.78, 5) is 19.5. The van der Waals surface area contributed by atoms with Crippen LogP contribution in [0.4, 0.5) is 5.13 Å². The molecule has 1 amide bonds. The number of methoxy groups -OCH3 is 1. The molecule has 0 bridgehead atoms. The van der Waals surface area contributed by atoms with Crippen LogP contribution in [0.15, 0.2) is 59.5 Å². The number of aromatic nitrogens is 1. The van der Waals surface area contributed by atoms with Crippen LogP contribution in [0, 0.1) is 11.3 Å². The van der Waals surface area contributed by atoms with Crippen molar-refractivity contribution >= 4 is 28.5 Å². The molecule has 8 nitrogen and oxygen atoms in total. The number of morpholine rings is 1. The van der Waals surface area contributed by atoms with Crippen LogP contribution in [0.2, 0.25) is 0 Å². The highest BCUT2D eigenvalue weighted by molar-refractivity contribution is 7.14. The number of nitriles is 1. The lowest BCUT2D eigenvalue weighted by molar-refractivity contribution is -0.112. The molecular weight excluding hydrogens is 464 g/mol. The second-order valence-corrected chi connectivity index (χ2v) is 8.60. The topological polar surface area (TPSA) is 96.7 Å². The summed E-state index contributed by atoms with van der Waals surface area (Å²) in [6.07, 6.45) is 1.52. The van der Waals surface area contributed by atoms with E-state index in [9.17, 15) is 10.1 Å². The third kappa shape index (κ3) is 6.67. The SMILES string of the molecule is COc1ccc(/C=C(/C#N)C(=O)Nc2nc(-c3ccccc3)cs2)cc1OCCN1CCOCC1. The predicted octanol–water partition coefficient (Wildman–Crippen LogP) is 4.08. The van der Waals surface area contributed by atoms with Crippen LogP contribution in [0.3, 0.4) is 0 Å². The van der Waals surface area contributed by atoms with Gasteiger partial charge in [0.15, 0.2) is 16.6 Å². The van der Waals surface area contributed by atoms with Crippen molar-refractivity contribution < 1.29 is 19.0 Å². The Bertz CT molecular complexity index is 1210. The first-order valence-corrected chi connectivity index (χ1v) is 12.1. The molecule has 1 N–H and O–H groups in total. The van der Waals surface area contributed by atoms with Gasteiger partial charge in [-0.2, -0.15) is 5.26 Å². The van der Waals surface area contributed by atoms with E-state index >= 15 is 0 Å². The third-order valence-electron chi connectivity index (χ3n) is 5.43. The van der Waals surface area contributed by atoms with Gasteiger partial charge in [0.25, 0.3) is 5.91 Å². The number of hydrogen-bond acceptors (Lipinski definition) is 8. The summed E-state index contributed by atoms with van der Waals surface area (Å²) in [5.41, 5.74) is 2.34. The monoisotopic (exact) mass is 490 g/mol. The van der Waals surface area contributed by atoms with Gasteiger partial charge in [-0.3, -0.25) is 15.0 Å². The van der Waals surface area contributed by atoms with Crippen LogP contribution in [-0.4, -0.2) is 62.4 Å². The van der Waals surface area contributed by atoms with Crippen LogP contribution >= 0.6 is 11.3 Å². The van der Waals surface area contributed by atoms with Crippen molar-refractivity contribution in [3.63, 3.8) is 0 Å². The number of nitrogens with one attached hydrogen (secondary N) is 1. The molecule has 0 aliphatic carbocycles. The maximum absolute atomic E-state index is 12.7. The summed E-state index contributed by atoms with van der Waals surface area (Å²) in [5, 5.41) is 14.6. The molecule has 0 atom stereocenters. The minimum absolute atomic E-state index is 0.0362. The highest BCUT2D eigenvalue weighted by Crippen LogP contribution is 2.29. The molecule has 3 aromatic rings. The highest BCUT2D eigenvalue weighted by atomic mass is 32.1. The Morgan fingerprint density at radius 1 is 1.23 bits per heavy atom. The van der Waals surface area contributed by atoms with Crippen LogP contribution < -0.4 is 14.8 Å². The van der Waals surface area contributed by atoms with E-state index in [1.54, 1.807) is 25.3 Å². The van der Waals surface area contributed by atoms with E-state index in [0.717, 1.165) is 44.1 Å². The van der Waals surface area contributed by atoms with Gasteiger partial charge >= 0.3 is 0 Å². The number of anilines is 1. The molecule has 180 valence electrons. The molecule has 2 aromatic carbocycles. The van der Waals surface area contributed by atoms with E-state index < -0.39 is 5.91 Å². The van der Waals surface area contributed by atoms with Crippen molar-refractivity contribution in [2.75, 3.05) is 51.9 Å². The van der Waals surface area contributed by atoms with E-state index in [2.05, 4.69) is 15.2 Å². The van der Waals surface area contributed by atoms with E-state index in [0.29, 0.717) is 28.8 Å². The maximum Gasteiger partial charge on any atom is 0.268 e. The van der Waals surface area contributed by atoms with Crippen LogP contribution in [0.1, 0.15) is 5.56 Å². The van der Waals surface area contributed by atoms with Gasteiger partial charge in [-0.15, -0.1) is 11.3 Å². The lowest BCUT2D eigenvalue weighted by Gasteiger charge is -2.26. The van der Waals surface area contributed by atoms with Crippen LogP contribution in [0.5, 0.6) is 11.5 Å². The first-order valence-electron chi connectivity index (χ1n) is 11.2. The van der Waals surface area contributed by atoms with Crippen molar-refractivity contribution in [1.29, 1.82) is 5.26 Å². The average molecular weight is 491 g/mol. The molecule has 9 heteroatoms. The van der Waals surface area contributed by atoms with Gasteiger partial charge in [0, 0.05) is 30.6 Å². The Kier molecular flexibility index (Phi) is 8.46. The minimum atomic E-state index is -0.521. The number of carbonyl (C=O) groups excluding carboxylic acids is 1. The van der Waals surface area contributed by atoms with Crippen molar-refractivity contribution in [1.82, 2.24) is 9.88 Å². The highest BCUT2D eigenvalue weighted by Gasteiger charge is 2.14. The number of hydrogen-bond donors (Lipinski definition) is 1. The zero-order chi connectivity index (χ0) is 24.5. The van der Waals surface area contributed by atoms with Gasteiger partial charge in [-0.25, -0.2) is 4.98 Å². The molecule has 35 heavy (non-hydrogen) atoms. The first-order chi connectivity index (χ1) is 17.2. The fourth-order valence-electron chi connectivity index (χ4n) is 3.56. The Morgan fingerprint density at radius 2 is 2.03 bits per heavy atom. The largest absolute Gasteiger partial charge is 0.493 e. The Balaban J connectivity index is 1.42. The number of carbonyl (C=O) groups is 1. The number of amides is 1. The van der Waals surface area contributed by atoms with Crippen LogP contribution in [-0.2, 0) is 9.53 Å². The Morgan fingerprint density at radius 3 is 2.77 bits per heavy atom. The van der Waals surface area contributed by atoms with Gasteiger partial charge < -0.3 is 14.2 Å². The van der Waals surface area contributed by atoms with Crippen molar-refractivity contribution in [2.24, 2.45) is 0 Å². The van der Waals surface area contributed by atoms with E-state index in [4.69, 9.17) is 14.2 Å². The smallest absolute Gasteiger partial charge is 0.268 e. The normalized spacial score (nSPS) is 14.2. The molecule has 1 aliphatic rings. The van der Waals surface area contributed by atoms with E-state index in [1.807, 2.05) is 41.8 Å². The summed E-state index contributed by atoms with van der Waals surface area (Å²) in [5.74, 6) is 0.620. The van der Waals surface area contributed by atoms with Gasteiger partial charge in [0.05, 0.1) is 26.0 Å². The number of nitrogens with zero attached hydrogens (tertiary/aromatic N) is 3. The Labute approximate surface area is 208 Å². The lowest BCUT2D eigenvalue weighted by atomic mass is 10.1. The maximum atomic E-state index is 12.7. The fourth-order valence-corrected chi connectivity index (χ4v) is 4.27. The van der Waals surface area contributed by atoms with Gasteiger partial charge in [-0.05, 0) is 23.8 Å². The molecule has 1 aliphatic heterocycles. The summed E-state index contributed by atoms with van der Waals surface area (Å²) in [7, 11) is 1.57. The average Bonchev–Trinajstić information content (AvgIpc) is 3.37. The summed E-state index contributed by atoms with van der Waals surface area (Å²) in [6.45, 7) is 4.50. The first kappa shape index (κ1) is 24.4. The van der Waals surface area contributed by atoms with Crippen molar-refractivity contribution in [2.45, 2.75) is 0 Å². The molecule has 0 unspecified atom stereocenters. The molecular formula is C26H26N4O4S. The molecule has 0 spiro atoms. The summed E-state index contributed by atoms with van der Waals surface area (Å²) < 4.78 is 16.7. The number of thiazole rings is 1. The number of rotatable bonds is 9. The number of benzene rings is 2. The van der Waals surface area contributed by atoms with Gasteiger partial charge in [0.1, 0.15) is 18.2 Å². The molecule has 1 aromatic heterocycles. The molecule has 4 rings (SSSR count). The van der Waals surface area contributed by atoms with Gasteiger partial charge in [-0.1, -0.05) is 36.4 Å². The van der Waals surface area contributed by atoms with E-state index in [-0.39, 0.29) is 5.57 Å². The lowest BCUT2D eigenvalue weighted by Crippen LogP contribution is -2.38. The van der Waals surface area contributed by atoms with Crippen LogP contribution in [0.25, 0.3) is 17.3 Å². The van der Waals surface area contributed by atoms with E-state index in [1.165, 1.54) is 17.4 Å². The molecule has 0 saturated carbocycles. The van der Waals surface area contributed by atoms with Crippen molar-refractivity contribution in [3.05, 3.63) is 65.0 Å². The molecule has 2 heterocycles. The molecule has 1 saturated heterocycles. The molecule has 0 radical (unpaired) electrons. The second kappa shape index (κ2) is 12.1. The minimum Gasteiger partial charge on any atom is -0.493 e. The molecule has 1 fully saturated rings. The third-order valence-corrected chi connectivity index (χ3v) is 6.18. The van der Waals surface area contributed by atoms with Gasteiger partial charge in [0.2, 0.25) is 0 Å². The number of ether oxygens (including phenoxy) is 3. The summed E-state index contributed by atoms with van der Waals surface area (Å²) >= 11 is 1.31. The Hall–Kier alpha value is -3.71. The quantitative estimate of drug-likeness (QED) is 0.357. The predicted molar refractivity (Wildman–Crippen MR) is 136 cm³/mol. The fraction of sp³-hybridized carbons (Fsp3) is 0.269.